The van der Waals surface area contributed by atoms with Gasteiger partial charge in [0.1, 0.15) is 0 Å². The molecule has 0 unspecified atom stereocenters. The molecule has 0 saturated heterocycles. The van der Waals surface area contributed by atoms with Crippen molar-refractivity contribution in [3.05, 3.63) is 57.8 Å². The van der Waals surface area contributed by atoms with Gasteiger partial charge in [0.2, 0.25) is 5.91 Å². The molecule has 4 rings (SSSR count). The quantitative estimate of drug-likeness (QED) is 0.378. The summed E-state index contributed by atoms with van der Waals surface area (Å²) in [6, 6.07) is 5.98. The highest BCUT2D eigenvalue weighted by Gasteiger charge is 2.33. The lowest BCUT2D eigenvalue weighted by molar-refractivity contribution is -0.120. The number of rotatable bonds is 7. The SMILES string of the molecule is Cc1cc(-c2cncc(Cl)c2)cc(C)c1NC(=O)C(C)(C)c1csc(NSC2CC2)n1. The van der Waals surface area contributed by atoms with Crippen LogP contribution in [-0.4, -0.2) is 21.1 Å². The Bertz CT molecular complexity index is 1100. The monoisotopic (exact) mass is 472 g/mol. The Labute approximate surface area is 196 Å². The number of aromatic nitrogens is 2. The number of anilines is 2. The number of hydrogen-bond acceptors (Lipinski definition) is 6. The van der Waals surface area contributed by atoms with Gasteiger partial charge in [0.25, 0.3) is 0 Å². The second-order valence-electron chi connectivity index (χ2n) is 8.41. The van der Waals surface area contributed by atoms with E-state index in [0.29, 0.717) is 10.3 Å². The van der Waals surface area contributed by atoms with Gasteiger partial charge in [-0.15, -0.1) is 11.3 Å². The highest BCUT2D eigenvalue weighted by Crippen LogP contribution is 2.37. The molecular formula is C23H25ClN4OS2. The van der Waals surface area contributed by atoms with Crippen molar-refractivity contribution in [2.24, 2.45) is 0 Å². The molecule has 31 heavy (non-hydrogen) atoms. The molecule has 1 fully saturated rings. The standard InChI is InChI=1S/C23H25ClN4OS2/c1-13-7-15(16-9-17(24)11-25-10-16)8-14(2)20(13)27-21(29)23(3,4)19-12-30-22(26-19)28-31-18-5-6-18/h7-12,18H,5-6H2,1-4H3,(H,26,28)(H,27,29). The minimum atomic E-state index is -0.755. The third kappa shape index (κ3) is 5.05. The molecular weight excluding hydrogens is 448 g/mol. The van der Waals surface area contributed by atoms with E-state index in [-0.39, 0.29) is 5.91 Å². The number of carbonyl (C=O) groups is 1. The van der Waals surface area contributed by atoms with E-state index in [1.807, 2.05) is 51.3 Å². The highest BCUT2D eigenvalue weighted by atomic mass is 35.5. The van der Waals surface area contributed by atoms with Crippen molar-refractivity contribution in [1.29, 1.82) is 0 Å². The van der Waals surface area contributed by atoms with Crippen molar-refractivity contribution in [3.8, 4) is 11.1 Å². The van der Waals surface area contributed by atoms with E-state index >= 15 is 0 Å². The van der Waals surface area contributed by atoms with Crippen LogP contribution in [0.5, 0.6) is 0 Å². The number of thiazole rings is 1. The van der Waals surface area contributed by atoms with Gasteiger partial charge < -0.3 is 10.0 Å². The molecule has 0 aliphatic heterocycles. The third-order valence-corrected chi connectivity index (χ3v) is 7.57. The molecule has 8 heteroatoms. The second kappa shape index (κ2) is 8.81. The summed E-state index contributed by atoms with van der Waals surface area (Å²) in [6.45, 7) is 7.81. The number of hydrogen-bond donors (Lipinski definition) is 2. The summed E-state index contributed by atoms with van der Waals surface area (Å²) >= 11 is 9.35. The summed E-state index contributed by atoms with van der Waals surface area (Å²) in [6.07, 6.45) is 5.92. The number of nitrogens with one attached hydrogen (secondary N) is 2. The van der Waals surface area contributed by atoms with E-state index in [9.17, 15) is 4.79 Å². The molecule has 2 N–H and O–H groups in total. The number of amides is 1. The van der Waals surface area contributed by atoms with Gasteiger partial charge in [-0.25, -0.2) is 4.98 Å². The fourth-order valence-corrected chi connectivity index (χ4v) is 5.13. The predicted octanol–water partition coefficient (Wildman–Crippen LogP) is 6.61. The minimum Gasteiger partial charge on any atom is -0.325 e. The first-order valence-corrected chi connectivity index (χ1v) is 12.3. The first-order valence-electron chi connectivity index (χ1n) is 10.2. The fraction of sp³-hybridized carbons (Fsp3) is 0.348. The predicted molar refractivity (Wildman–Crippen MR) is 132 cm³/mol. The summed E-state index contributed by atoms with van der Waals surface area (Å²) < 4.78 is 3.31. The average molecular weight is 473 g/mol. The van der Waals surface area contributed by atoms with Gasteiger partial charge in [-0.05, 0) is 87.4 Å². The first-order chi connectivity index (χ1) is 14.7. The maximum atomic E-state index is 13.2. The van der Waals surface area contributed by atoms with Crippen LogP contribution in [0.4, 0.5) is 10.8 Å². The van der Waals surface area contributed by atoms with Crippen LogP contribution in [0, 0.1) is 13.8 Å². The molecule has 1 saturated carbocycles. The maximum Gasteiger partial charge on any atom is 0.236 e. The van der Waals surface area contributed by atoms with E-state index in [1.165, 1.54) is 24.2 Å². The fourth-order valence-electron chi connectivity index (χ4n) is 3.21. The van der Waals surface area contributed by atoms with Gasteiger partial charge >= 0.3 is 0 Å². The van der Waals surface area contributed by atoms with E-state index in [0.717, 1.165) is 38.8 Å². The van der Waals surface area contributed by atoms with E-state index in [2.05, 4.69) is 20.0 Å². The van der Waals surface area contributed by atoms with Crippen molar-refractivity contribution in [1.82, 2.24) is 9.97 Å². The molecule has 3 aromatic rings. The minimum absolute atomic E-state index is 0.0810. The third-order valence-electron chi connectivity index (χ3n) is 5.36. The molecule has 2 heterocycles. The molecule has 1 aliphatic rings. The van der Waals surface area contributed by atoms with Gasteiger partial charge in [-0.1, -0.05) is 11.6 Å². The molecule has 0 bridgehead atoms. The number of pyridine rings is 1. The summed E-state index contributed by atoms with van der Waals surface area (Å²) in [5.74, 6) is -0.0810. The van der Waals surface area contributed by atoms with E-state index in [4.69, 9.17) is 11.6 Å². The molecule has 0 spiro atoms. The Kier molecular flexibility index (Phi) is 6.28. The average Bonchev–Trinajstić information content (AvgIpc) is 3.43. The van der Waals surface area contributed by atoms with Crippen molar-refractivity contribution in [2.75, 3.05) is 10.0 Å². The van der Waals surface area contributed by atoms with Crippen molar-refractivity contribution in [2.45, 2.75) is 51.2 Å². The van der Waals surface area contributed by atoms with Crippen molar-refractivity contribution in [3.63, 3.8) is 0 Å². The number of benzene rings is 1. The van der Waals surface area contributed by atoms with Crippen LogP contribution in [0.3, 0.4) is 0 Å². The van der Waals surface area contributed by atoms with Crippen LogP contribution in [-0.2, 0) is 10.2 Å². The van der Waals surface area contributed by atoms with Crippen molar-refractivity contribution >= 4 is 51.6 Å². The lowest BCUT2D eigenvalue weighted by atomic mass is 9.88. The first kappa shape index (κ1) is 22.1. The Morgan fingerprint density at radius 3 is 2.52 bits per heavy atom. The Morgan fingerprint density at radius 2 is 1.87 bits per heavy atom. The van der Waals surface area contributed by atoms with Gasteiger partial charge in [0.15, 0.2) is 5.13 Å². The molecule has 2 aromatic heterocycles. The van der Waals surface area contributed by atoms with Gasteiger partial charge in [-0.3, -0.25) is 9.78 Å². The summed E-state index contributed by atoms with van der Waals surface area (Å²) in [5, 5.41) is 7.24. The molecule has 1 aromatic carbocycles. The molecule has 162 valence electrons. The van der Waals surface area contributed by atoms with E-state index in [1.54, 1.807) is 24.3 Å². The summed E-state index contributed by atoms with van der Waals surface area (Å²) in [5.41, 5.74) is 4.78. The Hall–Kier alpha value is -2.09. The van der Waals surface area contributed by atoms with Crippen LogP contribution in [0.15, 0.2) is 36.0 Å². The van der Waals surface area contributed by atoms with Crippen LogP contribution in [0.25, 0.3) is 11.1 Å². The van der Waals surface area contributed by atoms with Crippen LogP contribution in [0.2, 0.25) is 5.02 Å². The van der Waals surface area contributed by atoms with Gasteiger partial charge in [0, 0.05) is 34.3 Å². The Balaban J connectivity index is 1.51. The molecule has 1 amide bonds. The maximum absolute atomic E-state index is 13.2. The van der Waals surface area contributed by atoms with Crippen LogP contribution >= 0.6 is 34.9 Å². The molecule has 0 atom stereocenters. The largest absolute Gasteiger partial charge is 0.325 e. The number of halogens is 1. The van der Waals surface area contributed by atoms with E-state index < -0.39 is 5.41 Å². The number of carbonyl (C=O) groups excluding carboxylic acids is 1. The summed E-state index contributed by atoms with van der Waals surface area (Å²) in [7, 11) is 0. The van der Waals surface area contributed by atoms with Crippen LogP contribution < -0.4 is 10.0 Å². The smallest absolute Gasteiger partial charge is 0.236 e. The zero-order valence-corrected chi connectivity index (χ0v) is 20.3. The number of aryl methyl sites for hydroxylation is 2. The zero-order valence-electron chi connectivity index (χ0n) is 18.0. The summed E-state index contributed by atoms with van der Waals surface area (Å²) in [4.78, 5) is 22.1. The van der Waals surface area contributed by atoms with Gasteiger partial charge in [0.05, 0.1) is 16.1 Å². The van der Waals surface area contributed by atoms with Gasteiger partial charge in [-0.2, -0.15) is 0 Å². The second-order valence-corrected chi connectivity index (χ2v) is 10.8. The normalized spacial score (nSPS) is 13.8. The van der Waals surface area contributed by atoms with Crippen molar-refractivity contribution < 1.29 is 4.79 Å². The molecule has 5 nitrogen and oxygen atoms in total. The molecule has 1 aliphatic carbocycles. The lowest BCUT2D eigenvalue weighted by Gasteiger charge is -2.23. The molecule has 0 radical (unpaired) electrons. The highest BCUT2D eigenvalue weighted by molar-refractivity contribution is 8.01. The topological polar surface area (TPSA) is 66.9 Å². The zero-order chi connectivity index (χ0) is 22.2. The number of nitrogens with zero attached hydrogens (tertiary/aromatic N) is 2. The van der Waals surface area contributed by atoms with Crippen LogP contribution in [0.1, 0.15) is 43.5 Å². The lowest BCUT2D eigenvalue weighted by Crippen LogP contribution is -2.35. The Morgan fingerprint density at radius 1 is 1.16 bits per heavy atom.